The maximum Gasteiger partial charge on any atom is 0.314 e. The molecule has 2 aromatic carbocycles. The summed E-state index contributed by atoms with van der Waals surface area (Å²) in [5, 5.41) is 19.5. The Hall–Kier alpha value is -3.36. The Morgan fingerprint density at radius 3 is 2.25 bits per heavy atom. The minimum absolute atomic E-state index is 0.0242. The third kappa shape index (κ3) is 3.23. The van der Waals surface area contributed by atoms with Gasteiger partial charge in [0.2, 0.25) is 0 Å². The van der Waals surface area contributed by atoms with Crippen molar-refractivity contribution in [3.63, 3.8) is 0 Å². The molecular weight excluding hydrogens is 430 g/mol. The van der Waals surface area contributed by atoms with Crippen LogP contribution in [-0.4, -0.2) is 26.7 Å². The first-order valence-corrected chi connectivity index (χ1v) is 9.83. The van der Waals surface area contributed by atoms with Gasteiger partial charge in [0.25, 0.3) is 5.91 Å². The summed E-state index contributed by atoms with van der Waals surface area (Å²) < 4.78 is 57.3. The van der Waals surface area contributed by atoms with Crippen LogP contribution >= 0.6 is 0 Å². The van der Waals surface area contributed by atoms with Gasteiger partial charge in [-0.25, -0.2) is 17.6 Å². The van der Waals surface area contributed by atoms with E-state index in [0.29, 0.717) is 18.6 Å². The first kappa shape index (κ1) is 23.3. The molecule has 1 unspecified atom stereocenters. The number of phenolic OH excluding ortho intramolecular Hbond substituents is 1. The number of carbonyl (C=O) groups is 2. The van der Waals surface area contributed by atoms with Crippen molar-refractivity contribution in [1.29, 1.82) is 0 Å². The van der Waals surface area contributed by atoms with Gasteiger partial charge in [0.15, 0.2) is 29.0 Å². The van der Waals surface area contributed by atoms with E-state index in [-0.39, 0.29) is 22.3 Å². The molecule has 5 nitrogen and oxygen atoms in total. The number of aromatic hydroxyl groups is 1. The first-order chi connectivity index (χ1) is 14.9. The summed E-state index contributed by atoms with van der Waals surface area (Å²) in [6, 6.07) is 3.09. The van der Waals surface area contributed by atoms with Crippen LogP contribution in [0.15, 0.2) is 24.3 Å². The van der Waals surface area contributed by atoms with E-state index in [9.17, 15) is 33.0 Å². The van der Waals surface area contributed by atoms with Crippen molar-refractivity contribution in [3.05, 3.63) is 64.4 Å². The molecule has 0 aliphatic rings. The first-order valence-electron chi connectivity index (χ1n) is 9.83. The van der Waals surface area contributed by atoms with Crippen LogP contribution in [0.25, 0.3) is 10.9 Å². The van der Waals surface area contributed by atoms with Crippen LogP contribution in [0.3, 0.4) is 0 Å². The molecule has 0 bridgehead atoms. The second-order valence-electron chi connectivity index (χ2n) is 7.96. The Morgan fingerprint density at radius 1 is 1.09 bits per heavy atom. The summed E-state index contributed by atoms with van der Waals surface area (Å²) >= 11 is 0. The van der Waals surface area contributed by atoms with Crippen molar-refractivity contribution in [2.24, 2.45) is 5.92 Å². The maximum absolute atomic E-state index is 15.1. The molecule has 0 spiro atoms. The Balaban J connectivity index is 2.49. The number of rotatable bonds is 5. The number of aliphatic carboxylic acids is 1. The van der Waals surface area contributed by atoms with Gasteiger partial charge in [0, 0.05) is 28.3 Å². The van der Waals surface area contributed by atoms with Crippen LogP contribution in [0, 0.1) is 36.1 Å². The molecule has 1 aromatic heterocycles. The Bertz CT molecular complexity index is 1270. The second kappa shape index (κ2) is 7.96. The van der Waals surface area contributed by atoms with E-state index in [1.807, 2.05) is 0 Å². The molecule has 0 saturated heterocycles. The summed E-state index contributed by atoms with van der Waals surface area (Å²) in [6.07, 6.45) is 0.376. The van der Waals surface area contributed by atoms with Gasteiger partial charge in [-0.2, -0.15) is 0 Å². The van der Waals surface area contributed by atoms with E-state index in [0.717, 1.165) is 16.7 Å². The average Bonchev–Trinajstić information content (AvgIpc) is 3.04. The lowest BCUT2D eigenvalue weighted by atomic mass is 9.70. The monoisotopic (exact) mass is 451 g/mol. The van der Waals surface area contributed by atoms with E-state index < -0.39 is 57.6 Å². The number of carboxylic acid groups (broad SMARTS) is 1. The number of hydrogen-bond donors (Lipinski definition) is 2. The van der Waals surface area contributed by atoms with Gasteiger partial charge in [0.1, 0.15) is 0 Å². The van der Waals surface area contributed by atoms with Gasteiger partial charge >= 0.3 is 5.97 Å². The zero-order valence-electron chi connectivity index (χ0n) is 17.8. The van der Waals surface area contributed by atoms with E-state index in [1.54, 1.807) is 13.8 Å². The van der Waals surface area contributed by atoms with Crippen LogP contribution in [-0.2, 0) is 10.2 Å². The van der Waals surface area contributed by atoms with Crippen LogP contribution in [0.1, 0.15) is 48.8 Å². The Kier molecular flexibility index (Phi) is 5.80. The number of benzene rings is 2. The van der Waals surface area contributed by atoms with E-state index in [2.05, 4.69) is 0 Å². The molecule has 3 rings (SSSR count). The van der Waals surface area contributed by atoms with Crippen molar-refractivity contribution in [1.82, 2.24) is 4.57 Å². The molecule has 0 amide bonds. The van der Waals surface area contributed by atoms with Gasteiger partial charge in [-0.05, 0) is 38.0 Å². The zero-order chi connectivity index (χ0) is 24.1. The highest BCUT2D eigenvalue weighted by Gasteiger charge is 2.45. The number of fused-ring (bicyclic) bond motifs is 1. The van der Waals surface area contributed by atoms with Gasteiger partial charge in [0.05, 0.1) is 10.9 Å². The fraction of sp³-hybridized carbons (Fsp3) is 0.304. The summed E-state index contributed by atoms with van der Waals surface area (Å²) in [4.78, 5) is 25.6. The lowest BCUT2D eigenvalue weighted by Crippen LogP contribution is -2.39. The molecular formula is C23H21F4NO4. The highest BCUT2D eigenvalue weighted by Crippen LogP contribution is 2.45. The van der Waals surface area contributed by atoms with Gasteiger partial charge in [-0.15, -0.1) is 0 Å². The minimum atomic E-state index is -1.72. The second-order valence-corrected chi connectivity index (χ2v) is 7.96. The number of phenols is 1. The molecule has 2 atom stereocenters. The number of halogens is 4. The highest BCUT2D eigenvalue weighted by atomic mass is 19.2. The number of nitrogens with zero attached hydrogens (tertiary/aromatic N) is 1. The molecule has 32 heavy (non-hydrogen) atoms. The zero-order valence-corrected chi connectivity index (χ0v) is 17.8. The number of aromatic nitrogens is 1. The third-order valence-corrected chi connectivity index (χ3v) is 6.29. The molecule has 9 heteroatoms. The van der Waals surface area contributed by atoms with E-state index >= 15 is 4.39 Å². The average molecular weight is 451 g/mol. The molecule has 2 N–H and O–H groups in total. The predicted molar refractivity (Wildman–Crippen MR) is 109 cm³/mol. The van der Waals surface area contributed by atoms with Crippen LogP contribution in [0.5, 0.6) is 5.75 Å². The molecule has 0 fully saturated rings. The summed E-state index contributed by atoms with van der Waals surface area (Å²) in [7, 11) is 0. The highest BCUT2D eigenvalue weighted by molar-refractivity contribution is 6.06. The Morgan fingerprint density at radius 2 is 1.72 bits per heavy atom. The third-order valence-electron chi connectivity index (χ3n) is 6.29. The Labute approximate surface area is 180 Å². The van der Waals surface area contributed by atoms with Crippen LogP contribution < -0.4 is 0 Å². The molecule has 0 aliphatic carbocycles. The molecule has 0 radical (unpaired) electrons. The topological polar surface area (TPSA) is 79.5 Å². The molecule has 0 aliphatic heterocycles. The van der Waals surface area contributed by atoms with Gasteiger partial charge in [-0.1, -0.05) is 20.3 Å². The number of carboxylic acids is 1. The molecule has 0 saturated carbocycles. The lowest BCUT2D eigenvalue weighted by molar-refractivity contribution is -0.145. The minimum Gasteiger partial charge on any atom is -0.503 e. The van der Waals surface area contributed by atoms with Crippen molar-refractivity contribution < 1.29 is 37.4 Å². The fourth-order valence-corrected chi connectivity index (χ4v) is 4.11. The van der Waals surface area contributed by atoms with Crippen molar-refractivity contribution in [2.75, 3.05) is 0 Å². The molecule has 170 valence electrons. The van der Waals surface area contributed by atoms with E-state index in [1.165, 1.54) is 13.8 Å². The maximum atomic E-state index is 15.1. The number of carbonyl (C=O) groups excluding carboxylic acids is 1. The van der Waals surface area contributed by atoms with E-state index in [4.69, 9.17) is 0 Å². The largest absolute Gasteiger partial charge is 0.503 e. The smallest absolute Gasteiger partial charge is 0.314 e. The fourth-order valence-electron chi connectivity index (χ4n) is 4.11. The summed E-state index contributed by atoms with van der Waals surface area (Å²) in [6.45, 7) is 6.08. The molecule has 3 aromatic rings. The summed E-state index contributed by atoms with van der Waals surface area (Å²) in [5.74, 6) is -9.37. The van der Waals surface area contributed by atoms with Crippen molar-refractivity contribution >= 4 is 22.8 Å². The number of hydrogen-bond acceptors (Lipinski definition) is 3. The summed E-state index contributed by atoms with van der Waals surface area (Å²) in [5.41, 5.74) is -2.51. The van der Waals surface area contributed by atoms with Crippen LogP contribution in [0.4, 0.5) is 17.6 Å². The lowest BCUT2D eigenvalue weighted by Gasteiger charge is -2.32. The normalized spacial score (nSPS) is 14.4. The quantitative estimate of drug-likeness (QED) is 0.517. The van der Waals surface area contributed by atoms with Crippen molar-refractivity contribution in [3.8, 4) is 5.75 Å². The van der Waals surface area contributed by atoms with Gasteiger partial charge in [-0.3, -0.25) is 14.2 Å². The van der Waals surface area contributed by atoms with Gasteiger partial charge < -0.3 is 10.2 Å². The molecule has 1 heterocycles. The standard InChI is InChI=1S/C23H21F4NO4/c1-5-10(2)23(4,22(31)32)18-11(3)28(16-9-15(26)20(29)19(27)17(16)18)21(30)12-6-7-13(24)14(25)8-12/h6-10,29H,5H2,1-4H3,(H,31,32)/t10?,23-/m1/s1. The van der Waals surface area contributed by atoms with Crippen molar-refractivity contribution in [2.45, 2.75) is 39.5 Å². The predicted octanol–water partition coefficient (Wildman–Crippen LogP) is 5.29. The van der Waals surface area contributed by atoms with Crippen LogP contribution in [0.2, 0.25) is 0 Å². The SMILES string of the molecule is CCC(C)[C@@](C)(C(=O)O)c1c(C)n(C(=O)c2ccc(F)c(F)c2)c2cc(F)c(O)c(F)c12.